The number of halogens is 2. The summed E-state index contributed by atoms with van der Waals surface area (Å²) in [5.41, 5.74) is 0.985. The van der Waals surface area contributed by atoms with E-state index >= 15 is 0 Å². The maximum absolute atomic E-state index is 11.0. The predicted octanol–water partition coefficient (Wildman–Crippen LogP) is 2.16. The smallest absolute Gasteiger partial charge is 0.335 e. The van der Waals surface area contributed by atoms with Crippen molar-refractivity contribution in [1.82, 2.24) is 10.6 Å². The Hall–Kier alpha value is -1.57. The number of aromatic carboxylic acids is 1. The van der Waals surface area contributed by atoms with Crippen molar-refractivity contribution in [3.05, 3.63) is 47.7 Å². The van der Waals surface area contributed by atoms with Crippen LogP contribution in [0, 0.1) is 0 Å². The van der Waals surface area contributed by atoms with Crippen molar-refractivity contribution in [1.29, 1.82) is 0 Å². The van der Waals surface area contributed by atoms with Gasteiger partial charge in [0.15, 0.2) is 0 Å². The fourth-order valence-corrected chi connectivity index (χ4v) is 2.03. The van der Waals surface area contributed by atoms with E-state index in [-0.39, 0.29) is 37.0 Å². The Labute approximate surface area is 153 Å². The Morgan fingerprint density at radius 1 is 1.04 bits per heavy atom. The zero-order chi connectivity index (χ0) is 15.8. The van der Waals surface area contributed by atoms with Gasteiger partial charge in [-0.1, -0.05) is 12.1 Å². The maximum atomic E-state index is 11.0. The average Bonchev–Trinajstić information content (AvgIpc) is 3.00. The molecule has 134 valence electrons. The molecule has 0 radical (unpaired) electrons. The van der Waals surface area contributed by atoms with E-state index in [9.17, 15) is 4.79 Å². The largest absolute Gasteiger partial charge is 0.478 e. The third-order valence-electron chi connectivity index (χ3n) is 3.12. The number of carboxylic acid groups (broad SMARTS) is 1. The van der Waals surface area contributed by atoms with E-state index in [1.807, 2.05) is 18.2 Å². The van der Waals surface area contributed by atoms with Crippen LogP contribution in [-0.2, 0) is 6.54 Å². The standard InChI is InChI=1S/C16H20N2O4.2ClH/c19-9-8-17-6-7-18-11-14-4-5-15(22-14)12-2-1-3-13(10-12)16(20)21;;/h1-5,10,17-19H,6-9,11H2,(H,20,21);2*1H. The lowest BCUT2D eigenvalue weighted by Gasteiger charge is -2.04. The molecule has 0 bridgehead atoms. The molecule has 8 heteroatoms. The molecule has 0 aliphatic heterocycles. The van der Waals surface area contributed by atoms with Gasteiger partial charge < -0.3 is 25.3 Å². The normalized spacial score (nSPS) is 9.88. The van der Waals surface area contributed by atoms with Crippen molar-refractivity contribution in [3.63, 3.8) is 0 Å². The predicted molar refractivity (Wildman–Crippen MR) is 97.3 cm³/mol. The van der Waals surface area contributed by atoms with Gasteiger partial charge in [0, 0.05) is 25.2 Å². The first kappa shape index (κ1) is 22.4. The zero-order valence-corrected chi connectivity index (χ0v) is 14.7. The molecule has 2 aromatic rings. The second kappa shape index (κ2) is 11.9. The van der Waals surface area contributed by atoms with Gasteiger partial charge in [-0.15, -0.1) is 24.8 Å². The van der Waals surface area contributed by atoms with Crippen LogP contribution in [0.25, 0.3) is 11.3 Å². The number of carboxylic acids is 1. The first-order valence-electron chi connectivity index (χ1n) is 7.15. The lowest BCUT2D eigenvalue weighted by Crippen LogP contribution is -2.28. The number of furan rings is 1. The Morgan fingerprint density at radius 3 is 2.50 bits per heavy atom. The summed E-state index contributed by atoms with van der Waals surface area (Å²) in [5.74, 6) is 0.488. The molecule has 24 heavy (non-hydrogen) atoms. The van der Waals surface area contributed by atoms with E-state index in [1.165, 1.54) is 0 Å². The minimum Gasteiger partial charge on any atom is -0.478 e. The highest BCUT2D eigenvalue weighted by molar-refractivity contribution is 5.89. The van der Waals surface area contributed by atoms with Gasteiger partial charge in [0.2, 0.25) is 0 Å². The molecule has 0 unspecified atom stereocenters. The highest BCUT2D eigenvalue weighted by Crippen LogP contribution is 2.23. The SMILES string of the molecule is Cl.Cl.O=C(O)c1cccc(-c2ccc(CNCCNCCO)o2)c1. The van der Waals surface area contributed by atoms with Crippen LogP contribution in [0.1, 0.15) is 16.1 Å². The molecular formula is C16H22Cl2N2O4. The van der Waals surface area contributed by atoms with Gasteiger partial charge in [0.1, 0.15) is 11.5 Å². The Balaban J connectivity index is 0.00000264. The van der Waals surface area contributed by atoms with Gasteiger partial charge in [-0.2, -0.15) is 0 Å². The lowest BCUT2D eigenvalue weighted by molar-refractivity contribution is 0.0697. The molecule has 4 N–H and O–H groups in total. The second-order valence-electron chi connectivity index (χ2n) is 4.80. The number of carbonyl (C=O) groups is 1. The van der Waals surface area contributed by atoms with Gasteiger partial charge in [0.25, 0.3) is 0 Å². The zero-order valence-electron chi connectivity index (χ0n) is 13.0. The van der Waals surface area contributed by atoms with Gasteiger partial charge in [-0.25, -0.2) is 4.79 Å². The highest BCUT2D eigenvalue weighted by Gasteiger charge is 2.08. The van der Waals surface area contributed by atoms with Crippen molar-refractivity contribution in [2.45, 2.75) is 6.54 Å². The minimum absolute atomic E-state index is 0. The van der Waals surface area contributed by atoms with Crippen LogP contribution in [0.15, 0.2) is 40.8 Å². The quantitative estimate of drug-likeness (QED) is 0.501. The number of benzene rings is 1. The van der Waals surface area contributed by atoms with E-state index in [0.717, 1.165) is 24.4 Å². The highest BCUT2D eigenvalue weighted by atomic mass is 35.5. The monoisotopic (exact) mass is 376 g/mol. The summed E-state index contributed by atoms with van der Waals surface area (Å²) in [6.07, 6.45) is 0. The van der Waals surface area contributed by atoms with Crippen LogP contribution in [0.3, 0.4) is 0 Å². The molecule has 1 aromatic heterocycles. The molecule has 0 spiro atoms. The number of hydrogen-bond acceptors (Lipinski definition) is 5. The molecular weight excluding hydrogens is 355 g/mol. The first-order valence-corrected chi connectivity index (χ1v) is 7.15. The van der Waals surface area contributed by atoms with Crippen LogP contribution in [0.4, 0.5) is 0 Å². The van der Waals surface area contributed by atoms with E-state index in [2.05, 4.69) is 10.6 Å². The van der Waals surface area contributed by atoms with Crippen molar-refractivity contribution in [2.24, 2.45) is 0 Å². The molecule has 1 heterocycles. The van der Waals surface area contributed by atoms with Crippen molar-refractivity contribution in [3.8, 4) is 11.3 Å². The average molecular weight is 377 g/mol. The molecule has 0 fully saturated rings. The first-order chi connectivity index (χ1) is 10.7. The maximum Gasteiger partial charge on any atom is 0.335 e. The topological polar surface area (TPSA) is 94.7 Å². The van der Waals surface area contributed by atoms with Gasteiger partial charge in [-0.05, 0) is 24.3 Å². The molecule has 6 nitrogen and oxygen atoms in total. The van der Waals surface area contributed by atoms with E-state index < -0.39 is 5.97 Å². The van der Waals surface area contributed by atoms with Crippen molar-refractivity contribution < 1.29 is 19.4 Å². The number of nitrogens with one attached hydrogen (secondary N) is 2. The van der Waals surface area contributed by atoms with Crippen LogP contribution in [-0.4, -0.2) is 42.4 Å². The summed E-state index contributed by atoms with van der Waals surface area (Å²) in [6.45, 7) is 2.86. The van der Waals surface area contributed by atoms with Gasteiger partial charge in [0.05, 0.1) is 18.7 Å². The van der Waals surface area contributed by atoms with Crippen LogP contribution in [0.5, 0.6) is 0 Å². The summed E-state index contributed by atoms with van der Waals surface area (Å²) >= 11 is 0. The van der Waals surface area contributed by atoms with E-state index in [0.29, 0.717) is 18.8 Å². The number of aliphatic hydroxyl groups is 1. The summed E-state index contributed by atoms with van der Waals surface area (Å²) in [6, 6.07) is 10.4. The molecule has 0 aliphatic rings. The van der Waals surface area contributed by atoms with Gasteiger partial charge >= 0.3 is 5.97 Å². The fraction of sp³-hybridized carbons (Fsp3) is 0.312. The third-order valence-corrected chi connectivity index (χ3v) is 3.12. The molecule has 0 aliphatic carbocycles. The third kappa shape index (κ3) is 6.90. The summed E-state index contributed by atoms with van der Waals surface area (Å²) in [7, 11) is 0. The van der Waals surface area contributed by atoms with Crippen molar-refractivity contribution in [2.75, 3.05) is 26.2 Å². The van der Waals surface area contributed by atoms with Gasteiger partial charge in [-0.3, -0.25) is 0 Å². The summed E-state index contributed by atoms with van der Waals surface area (Å²) in [5, 5.41) is 23.9. The fourth-order valence-electron chi connectivity index (χ4n) is 2.03. The molecule has 0 atom stereocenters. The van der Waals surface area contributed by atoms with Crippen molar-refractivity contribution >= 4 is 30.8 Å². The van der Waals surface area contributed by atoms with E-state index in [4.69, 9.17) is 14.6 Å². The number of rotatable bonds is 9. The number of hydrogen-bond donors (Lipinski definition) is 4. The van der Waals surface area contributed by atoms with E-state index in [1.54, 1.807) is 18.2 Å². The second-order valence-corrected chi connectivity index (χ2v) is 4.80. The molecule has 0 amide bonds. The summed E-state index contributed by atoms with van der Waals surface area (Å²) in [4.78, 5) is 11.0. The minimum atomic E-state index is -0.953. The molecule has 2 rings (SSSR count). The molecule has 0 saturated carbocycles. The Morgan fingerprint density at radius 2 is 1.79 bits per heavy atom. The number of aliphatic hydroxyl groups excluding tert-OH is 1. The van der Waals surface area contributed by atoms with Crippen LogP contribution < -0.4 is 10.6 Å². The van der Waals surface area contributed by atoms with Crippen LogP contribution >= 0.6 is 24.8 Å². The summed E-state index contributed by atoms with van der Waals surface area (Å²) < 4.78 is 5.72. The Bertz CT molecular complexity index is 620. The molecule has 1 aromatic carbocycles. The molecule has 0 saturated heterocycles. The van der Waals surface area contributed by atoms with Crippen LogP contribution in [0.2, 0.25) is 0 Å². The lowest BCUT2D eigenvalue weighted by atomic mass is 10.1. The Kier molecular flexibility index (Phi) is 11.1.